The quantitative estimate of drug-likeness (QED) is 0.832. The molecule has 2 aliphatic rings. The first-order valence-corrected chi connectivity index (χ1v) is 10.3. The number of hydrogen-bond acceptors (Lipinski definition) is 4. The first kappa shape index (κ1) is 21.0. The fourth-order valence-electron chi connectivity index (χ4n) is 4.28. The van der Waals surface area contributed by atoms with Crippen LogP contribution in [0.1, 0.15) is 50.5 Å². The number of anilines is 1. The summed E-state index contributed by atoms with van der Waals surface area (Å²) in [6.45, 7) is 10.7. The van der Waals surface area contributed by atoms with Crippen molar-refractivity contribution in [3.05, 3.63) is 24.0 Å². The van der Waals surface area contributed by atoms with E-state index in [1.165, 1.54) is 19.5 Å². The van der Waals surface area contributed by atoms with Gasteiger partial charge in [0.05, 0.1) is 18.4 Å². The van der Waals surface area contributed by atoms with Crippen molar-refractivity contribution >= 4 is 11.6 Å². The summed E-state index contributed by atoms with van der Waals surface area (Å²) in [5, 5.41) is 2.18. The number of carbonyl (C=O) groups excluding carboxylic acids is 1. The molecule has 1 aromatic rings. The second-order valence-electron chi connectivity index (χ2n) is 9.07. The second kappa shape index (κ2) is 8.72. The van der Waals surface area contributed by atoms with Crippen molar-refractivity contribution in [1.82, 2.24) is 15.2 Å². The number of rotatable bonds is 5. The number of amides is 1. The number of alkyl halides is 2. The lowest BCUT2D eigenvalue weighted by Crippen LogP contribution is -2.44. The summed E-state index contributed by atoms with van der Waals surface area (Å²) in [7, 11) is 0. The standard InChI is InChI=1S/C21H32F2N4O/c1-21(2,3)15-6-9-27(14-15)16-7-10-26(11-8-16)17-4-5-18(24-12-17)20(28)25-13-19(22)23/h4-5,12,15-16,19H,6-11,13-14H2,1-3H3,(H,25,28). The Labute approximate surface area is 166 Å². The predicted molar refractivity (Wildman–Crippen MR) is 107 cm³/mol. The number of aromatic nitrogens is 1. The van der Waals surface area contributed by atoms with E-state index in [9.17, 15) is 13.6 Å². The predicted octanol–water partition coefficient (Wildman–Crippen LogP) is 3.41. The highest BCUT2D eigenvalue weighted by molar-refractivity contribution is 5.92. The van der Waals surface area contributed by atoms with Crippen molar-refractivity contribution in [3.63, 3.8) is 0 Å². The lowest BCUT2D eigenvalue weighted by atomic mass is 9.80. The molecule has 1 unspecified atom stereocenters. The van der Waals surface area contributed by atoms with Crippen LogP contribution >= 0.6 is 0 Å². The Morgan fingerprint density at radius 2 is 1.93 bits per heavy atom. The average molecular weight is 395 g/mol. The smallest absolute Gasteiger partial charge is 0.270 e. The maximum atomic E-state index is 12.2. The summed E-state index contributed by atoms with van der Waals surface area (Å²) < 4.78 is 24.4. The molecule has 156 valence electrons. The van der Waals surface area contributed by atoms with Crippen LogP contribution < -0.4 is 10.2 Å². The van der Waals surface area contributed by atoms with Gasteiger partial charge in [0.1, 0.15) is 5.69 Å². The average Bonchev–Trinajstić information content (AvgIpc) is 3.17. The molecule has 0 radical (unpaired) electrons. The minimum Gasteiger partial charge on any atom is -0.370 e. The third kappa shape index (κ3) is 5.19. The summed E-state index contributed by atoms with van der Waals surface area (Å²) in [5.74, 6) is 0.214. The van der Waals surface area contributed by atoms with Gasteiger partial charge in [-0.1, -0.05) is 20.8 Å². The van der Waals surface area contributed by atoms with Crippen LogP contribution in [0.4, 0.5) is 14.5 Å². The van der Waals surface area contributed by atoms with Crippen LogP contribution in [-0.2, 0) is 0 Å². The normalized spacial score (nSPS) is 22.1. The van der Waals surface area contributed by atoms with Crippen molar-refractivity contribution in [2.45, 2.75) is 52.5 Å². The van der Waals surface area contributed by atoms with Crippen molar-refractivity contribution in [3.8, 4) is 0 Å². The third-order valence-corrected chi connectivity index (χ3v) is 6.19. The van der Waals surface area contributed by atoms with Crippen LogP contribution in [-0.4, -0.2) is 61.0 Å². The van der Waals surface area contributed by atoms with E-state index in [0.29, 0.717) is 11.5 Å². The van der Waals surface area contributed by atoms with Crippen LogP contribution in [0.15, 0.2) is 18.3 Å². The highest BCUT2D eigenvalue weighted by Gasteiger charge is 2.35. The fraction of sp³-hybridized carbons (Fsp3) is 0.714. The van der Waals surface area contributed by atoms with Gasteiger partial charge in [-0.15, -0.1) is 0 Å². The lowest BCUT2D eigenvalue weighted by Gasteiger charge is -2.38. The number of hydrogen-bond donors (Lipinski definition) is 1. The number of halogens is 2. The summed E-state index contributed by atoms with van der Waals surface area (Å²) in [6.07, 6.45) is 2.67. The van der Waals surface area contributed by atoms with Crippen LogP contribution in [0.5, 0.6) is 0 Å². The number of piperidine rings is 1. The summed E-state index contributed by atoms with van der Waals surface area (Å²) >= 11 is 0. The first-order chi connectivity index (χ1) is 13.2. The maximum Gasteiger partial charge on any atom is 0.270 e. The fourth-order valence-corrected chi connectivity index (χ4v) is 4.28. The Hall–Kier alpha value is -1.76. The minimum absolute atomic E-state index is 0.171. The summed E-state index contributed by atoms with van der Waals surface area (Å²) in [4.78, 5) is 20.9. The van der Waals surface area contributed by atoms with Gasteiger partial charge in [-0.25, -0.2) is 13.8 Å². The van der Waals surface area contributed by atoms with E-state index < -0.39 is 18.9 Å². The molecule has 0 spiro atoms. The number of pyridine rings is 1. The molecular formula is C21H32F2N4O. The van der Waals surface area contributed by atoms with Crippen LogP contribution in [0, 0.1) is 11.3 Å². The molecule has 1 atom stereocenters. The van der Waals surface area contributed by atoms with E-state index in [2.05, 4.69) is 40.9 Å². The van der Waals surface area contributed by atoms with Gasteiger partial charge in [0.25, 0.3) is 12.3 Å². The highest BCUT2D eigenvalue weighted by Crippen LogP contribution is 2.35. The molecule has 3 heterocycles. The molecule has 7 heteroatoms. The van der Waals surface area contributed by atoms with Crippen molar-refractivity contribution < 1.29 is 13.6 Å². The van der Waals surface area contributed by atoms with Crippen molar-refractivity contribution in [2.24, 2.45) is 11.3 Å². The van der Waals surface area contributed by atoms with Gasteiger partial charge in [0.15, 0.2) is 0 Å². The van der Waals surface area contributed by atoms with Gasteiger partial charge in [0.2, 0.25) is 0 Å². The van der Waals surface area contributed by atoms with E-state index in [1.54, 1.807) is 12.3 Å². The molecule has 1 N–H and O–H groups in total. The van der Waals surface area contributed by atoms with E-state index in [-0.39, 0.29) is 5.69 Å². The number of likely N-dealkylation sites (tertiary alicyclic amines) is 1. The lowest BCUT2D eigenvalue weighted by molar-refractivity contribution is 0.0887. The van der Waals surface area contributed by atoms with E-state index in [1.807, 2.05) is 6.07 Å². The molecule has 0 bridgehead atoms. The zero-order chi connectivity index (χ0) is 20.3. The molecule has 3 rings (SSSR count). The zero-order valence-electron chi connectivity index (χ0n) is 17.1. The van der Waals surface area contributed by atoms with Gasteiger partial charge >= 0.3 is 0 Å². The SMILES string of the molecule is CC(C)(C)C1CCN(C2CCN(c3ccc(C(=O)NCC(F)F)nc3)CC2)C1. The largest absolute Gasteiger partial charge is 0.370 e. The van der Waals surface area contributed by atoms with E-state index in [4.69, 9.17) is 0 Å². The summed E-state index contributed by atoms with van der Waals surface area (Å²) in [6, 6.07) is 4.11. The Balaban J connectivity index is 1.49. The molecule has 28 heavy (non-hydrogen) atoms. The molecular weight excluding hydrogens is 362 g/mol. The minimum atomic E-state index is -2.56. The molecule has 2 saturated heterocycles. The summed E-state index contributed by atoms with van der Waals surface area (Å²) in [5.41, 5.74) is 1.53. The Morgan fingerprint density at radius 1 is 1.21 bits per heavy atom. The Morgan fingerprint density at radius 3 is 2.46 bits per heavy atom. The van der Waals surface area contributed by atoms with Gasteiger partial charge in [0, 0.05) is 25.7 Å². The van der Waals surface area contributed by atoms with Gasteiger partial charge < -0.3 is 10.2 Å². The highest BCUT2D eigenvalue weighted by atomic mass is 19.3. The van der Waals surface area contributed by atoms with Crippen molar-refractivity contribution in [1.29, 1.82) is 0 Å². The maximum absolute atomic E-state index is 12.2. The van der Waals surface area contributed by atoms with Crippen LogP contribution in [0.25, 0.3) is 0 Å². The molecule has 1 aromatic heterocycles. The monoisotopic (exact) mass is 394 g/mol. The van der Waals surface area contributed by atoms with E-state index in [0.717, 1.165) is 37.5 Å². The molecule has 0 saturated carbocycles. The van der Waals surface area contributed by atoms with Crippen molar-refractivity contribution in [2.75, 3.05) is 37.6 Å². The third-order valence-electron chi connectivity index (χ3n) is 6.19. The number of nitrogens with one attached hydrogen (secondary N) is 1. The number of nitrogens with zero attached hydrogens (tertiary/aromatic N) is 3. The van der Waals surface area contributed by atoms with Gasteiger partial charge in [-0.3, -0.25) is 9.69 Å². The Bertz CT molecular complexity index is 651. The molecule has 2 aliphatic heterocycles. The van der Waals surface area contributed by atoms with Gasteiger partial charge in [-0.05, 0) is 49.3 Å². The first-order valence-electron chi connectivity index (χ1n) is 10.3. The van der Waals surface area contributed by atoms with Crippen LogP contribution in [0.2, 0.25) is 0 Å². The molecule has 1 amide bonds. The number of carbonyl (C=O) groups is 1. The zero-order valence-corrected chi connectivity index (χ0v) is 17.1. The van der Waals surface area contributed by atoms with Gasteiger partial charge in [-0.2, -0.15) is 0 Å². The van der Waals surface area contributed by atoms with E-state index >= 15 is 0 Å². The topological polar surface area (TPSA) is 48.5 Å². The van der Waals surface area contributed by atoms with Crippen LogP contribution in [0.3, 0.4) is 0 Å². The molecule has 2 fully saturated rings. The second-order valence-corrected chi connectivity index (χ2v) is 9.07. The molecule has 0 aromatic carbocycles. The molecule has 0 aliphatic carbocycles. The molecule has 5 nitrogen and oxygen atoms in total. The Kier molecular flexibility index (Phi) is 6.53.